The normalized spacial score (nSPS) is 19.6. The molecule has 4 heteroatoms. The van der Waals surface area contributed by atoms with Crippen molar-refractivity contribution in [2.45, 2.75) is 65.0 Å². The molecule has 4 nitrogen and oxygen atoms in total. The van der Waals surface area contributed by atoms with E-state index in [1.165, 1.54) is 25.9 Å². The third-order valence-corrected chi connectivity index (χ3v) is 4.55. The number of likely N-dealkylation sites (tertiary alicyclic amines) is 1. The minimum absolute atomic E-state index is 0.105. The molecule has 2 N–H and O–H groups in total. The molecule has 0 spiro atoms. The van der Waals surface area contributed by atoms with Gasteiger partial charge in [-0.2, -0.15) is 0 Å². The topological polar surface area (TPSA) is 41.7 Å². The van der Waals surface area contributed by atoms with Gasteiger partial charge in [0, 0.05) is 31.2 Å². The van der Waals surface area contributed by atoms with Crippen LogP contribution in [0.25, 0.3) is 0 Å². The van der Waals surface area contributed by atoms with Crippen molar-refractivity contribution < 1.29 is 4.74 Å². The van der Waals surface area contributed by atoms with Gasteiger partial charge in [0.25, 0.3) is 0 Å². The third-order valence-electron chi connectivity index (χ3n) is 4.55. The zero-order valence-electron chi connectivity index (χ0n) is 14.7. The highest BCUT2D eigenvalue weighted by atomic mass is 16.5. The fraction of sp³-hybridized carbons (Fsp3) is 1.00. The number of hydrogen-bond acceptors (Lipinski definition) is 4. The molecule has 0 atom stereocenters. The maximum atomic E-state index is 6.49. The first kappa shape index (κ1) is 18.9. The highest BCUT2D eigenvalue weighted by Gasteiger charge is 2.31. The lowest BCUT2D eigenvalue weighted by molar-refractivity contribution is 0.0326. The molecule has 0 radical (unpaired) electrons. The molecular formula is C17H37N3O. The lowest BCUT2D eigenvalue weighted by Gasteiger charge is -2.40. The van der Waals surface area contributed by atoms with Gasteiger partial charge in [-0.3, -0.25) is 0 Å². The summed E-state index contributed by atoms with van der Waals surface area (Å²) in [5.41, 5.74) is 6.38. The van der Waals surface area contributed by atoms with Gasteiger partial charge in [-0.05, 0) is 52.6 Å². The lowest BCUT2D eigenvalue weighted by Crippen LogP contribution is -2.54. The molecule has 21 heavy (non-hydrogen) atoms. The summed E-state index contributed by atoms with van der Waals surface area (Å²) in [6, 6.07) is 0.632. The summed E-state index contributed by atoms with van der Waals surface area (Å²) in [4.78, 5) is 5.00. The predicted octanol–water partition coefficient (Wildman–Crippen LogP) is 2.33. The molecule has 1 rings (SSSR count). The largest absolute Gasteiger partial charge is 0.378 e. The first-order chi connectivity index (χ1) is 10.0. The fourth-order valence-corrected chi connectivity index (χ4v) is 3.07. The van der Waals surface area contributed by atoms with Crippen molar-refractivity contribution in [3.8, 4) is 0 Å². The molecule has 1 aliphatic heterocycles. The fourth-order valence-electron chi connectivity index (χ4n) is 3.07. The van der Waals surface area contributed by atoms with E-state index in [9.17, 15) is 0 Å². The molecular weight excluding hydrogens is 262 g/mol. The first-order valence-corrected chi connectivity index (χ1v) is 8.83. The molecule has 0 unspecified atom stereocenters. The molecule has 0 saturated carbocycles. The SMILES string of the molecule is CCCN(CCC)CCOCC1(N)CCN(C(C)C)CC1. The highest BCUT2D eigenvalue weighted by molar-refractivity contribution is 4.91. The molecule has 0 aromatic carbocycles. The Bertz CT molecular complexity index is 257. The van der Waals surface area contributed by atoms with Crippen LogP contribution < -0.4 is 5.73 Å². The first-order valence-electron chi connectivity index (χ1n) is 8.83. The molecule has 1 fully saturated rings. The van der Waals surface area contributed by atoms with Crippen LogP contribution in [0.1, 0.15) is 53.4 Å². The quantitative estimate of drug-likeness (QED) is 0.629. The summed E-state index contributed by atoms with van der Waals surface area (Å²) in [6.07, 6.45) is 4.54. The second-order valence-electron chi connectivity index (χ2n) is 6.89. The summed E-state index contributed by atoms with van der Waals surface area (Å²) in [5, 5.41) is 0. The number of ether oxygens (including phenoxy) is 1. The average Bonchev–Trinajstić information content (AvgIpc) is 2.44. The Morgan fingerprint density at radius 2 is 1.67 bits per heavy atom. The summed E-state index contributed by atoms with van der Waals surface area (Å²) < 4.78 is 5.91. The molecule has 0 aromatic heterocycles. The summed E-state index contributed by atoms with van der Waals surface area (Å²) in [6.45, 7) is 16.1. The van der Waals surface area contributed by atoms with Crippen LogP contribution in [-0.2, 0) is 4.74 Å². The minimum atomic E-state index is -0.105. The lowest BCUT2D eigenvalue weighted by atomic mass is 9.89. The summed E-state index contributed by atoms with van der Waals surface area (Å²) in [7, 11) is 0. The zero-order valence-corrected chi connectivity index (χ0v) is 14.7. The van der Waals surface area contributed by atoms with Gasteiger partial charge in [0.1, 0.15) is 0 Å². The van der Waals surface area contributed by atoms with Gasteiger partial charge >= 0.3 is 0 Å². The molecule has 1 saturated heterocycles. The van der Waals surface area contributed by atoms with Gasteiger partial charge in [-0.25, -0.2) is 0 Å². The number of hydrogen-bond donors (Lipinski definition) is 1. The van der Waals surface area contributed by atoms with Crippen molar-refractivity contribution in [1.82, 2.24) is 9.80 Å². The van der Waals surface area contributed by atoms with E-state index < -0.39 is 0 Å². The van der Waals surface area contributed by atoms with Crippen LogP contribution in [0.4, 0.5) is 0 Å². The van der Waals surface area contributed by atoms with Crippen molar-refractivity contribution in [1.29, 1.82) is 0 Å². The van der Waals surface area contributed by atoms with Crippen LogP contribution in [0.3, 0.4) is 0 Å². The van der Waals surface area contributed by atoms with E-state index in [1.54, 1.807) is 0 Å². The van der Waals surface area contributed by atoms with E-state index in [0.717, 1.165) is 39.1 Å². The van der Waals surface area contributed by atoms with Gasteiger partial charge in [-0.15, -0.1) is 0 Å². The van der Waals surface area contributed by atoms with Crippen LogP contribution in [-0.4, -0.2) is 67.3 Å². The van der Waals surface area contributed by atoms with E-state index in [4.69, 9.17) is 10.5 Å². The Kier molecular flexibility index (Phi) is 8.79. The smallest absolute Gasteiger partial charge is 0.0647 e. The highest BCUT2D eigenvalue weighted by Crippen LogP contribution is 2.21. The molecule has 126 valence electrons. The standard InChI is InChI=1S/C17H37N3O/c1-5-9-19(10-6-2)13-14-21-15-17(18)7-11-20(12-8-17)16(3)4/h16H,5-15,18H2,1-4H3. The molecule has 0 bridgehead atoms. The van der Waals surface area contributed by atoms with E-state index in [2.05, 4.69) is 37.5 Å². The second-order valence-corrected chi connectivity index (χ2v) is 6.89. The van der Waals surface area contributed by atoms with E-state index in [1.807, 2.05) is 0 Å². The average molecular weight is 300 g/mol. The Hall–Kier alpha value is -0.160. The van der Waals surface area contributed by atoms with Gasteiger partial charge < -0.3 is 20.3 Å². The number of nitrogens with zero attached hydrogens (tertiary/aromatic N) is 2. The van der Waals surface area contributed by atoms with Crippen LogP contribution in [0.2, 0.25) is 0 Å². The summed E-state index contributed by atoms with van der Waals surface area (Å²) >= 11 is 0. The van der Waals surface area contributed by atoms with Crippen molar-refractivity contribution in [2.24, 2.45) is 5.73 Å². The Labute approximate surface area is 132 Å². The van der Waals surface area contributed by atoms with Gasteiger partial charge in [0.15, 0.2) is 0 Å². The molecule has 0 amide bonds. The maximum Gasteiger partial charge on any atom is 0.0647 e. The van der Waals surface area contributed by atoms with Crippen LogP contribution >= 0.6 is 0 Å². The van der Waals surface area contributed by atoms with Crippen molar-refractivity contribution in [2.75, 3.05) is 45.9 Å². The van der Waals surface area contributed by atoms with Crippen LogP contribution in [0.5, 0.6) is 0 Å². The van der Waals surface area contributed by atoms with Crippen molar-refractivity contribution >= 4 is 0 Å². The molecule has 0 aromatic rings. The third kappa shape index (κ3) is 7.09. The Morgan fingerprint density at radius 3 is 2.14 bits per heavy atom. The molecule has 1 aliphatic rings. The zero-order chi connectivity index (χ0) is 15.7. The van der Waals surface area contributed by atoms with Crippen LogP contribution in [0.15, 0.2) is 0 Å². The molecule has 1 heterocycles. The maximum absolute atomic E-state index is 6.49. The van der Waals surface area contributed by atoms with Crippen molar-refractivity contribution in [3.63, 3.8) is 0 Å². The Morgan fingerprint density at radius 1 is 1.10 bits per heavy atom. The number of nitrogens with two attached hydrogens (primary N) is 1. The predicted molar refractivity (Wildman–Crippen MR) is 90.7 cm³/mol. The van der Waals surface area contributed by atoms with Gasteiger partial charge in [0.05, 0.1) is 13.2 Å². The van der Waals surface area contributed by atoms with E-state index >= 15 is 0 Å². The summed E-state index contributed by atoms with van der Waals surface area (Å²) in [5.74, 6) is 0. The monoisotopic (exact) mass is 299 g/mol. The number of rotatable bonds is 10. The number of piperidine rings is 1. The Balaban J connectivity index is 2.19. The van der Waals surface area contributed by atoms with Gasteiger partial charge in [-0.1, -0.05) is 13.8 Å². The van der Waals surface area contributed by atoms with Gasteiger partial charge in [0.2, 0.25) is 0 Å². The van der Waals surface area contributed by atoms with Crippen LogP contribution in [0, 0.1) is 0 Å². The molecule has 0 aliphatic carbocycles. The van der Waals surface area contributed by atoms with E-state index in [0.29, 0.717) is 12.6 Å². The van der Waals surface area contributed by atoms with Crippen molar-refractivity contribution in [3.05, 3.63) is 0 Å². The van der Waals surface area contributed by atoms with E-state index in [-0.39, 0.29) is 5.54 Å². The second kappa shape index (κ2) is 9.78. The minimum Gasteiger partial charge on any atom is -0.378 e.